The lowest BCUT2D eigenvalue weighted by atomic mass is 9.92. The molecule has 3 rings (SSSR count). The Kier molecular flexibility index (Phi) is 4.38. The summed E-state index contributed by atoms with van der Waals surface area (Å²) in [5, 5.41) is 1.16. The number of furan rings is 1. The fraction of sp³-hybridized carbons (Fsp3) is 0.529. The van der Waals surface area contributed by atoms with Crippen LogP contribution in [0.15, 0.2) is 33.2 Å². The quantitative estimate of drug-likeness (QED) is 0.896. The third-order valence-corrected chi connectivity index (χ3v) is 5.26. The number of fused-ring (bicyclic) bond motifs is 1. The van der Waals surface area contributed by atoms with Crippen molar-refractivity contribution < 1.29 is 4.42 Å². The average Bonchev–Trinajstić information content (AvgIpc) is 2.90. The van der Waals surface area contributed by atoms with Gasteiger partial charge in [0, 0.05) is 22.4 Å². The summed E-state index contributed by atoms with van der Waals surface area (Å²) in [6.07, 6.45) is 2.46. The van der Waals surface area contributed by atoms with E-state index in [1.807, 2.05) is 12.1 Å². The van der Waals surface area contributed by atoms with Crippen molar-refractivity contribution in [1.29, 1.82) is 0 Å². The molecule has 3 atom stereocenters. The fourth-order valence-corrected chi connectivity index (χ4v) is 3.73. The summed E-state index contributed by atoms with van der Waals surface area (Å²) < 4.78 is 7.15. The van der Waals surface area contributed by atoms with Gasteiger partial charge in [-0.05, 0) is 63.4 Å². The second-order valence-corrected chi connectivity index (χ2v) is 7.15. The molecule has 1 fully saturated rings. The molecule has 0 bridgehead atoms. The van der Waals surface area contributed by atoms with E-state index in [0.29, 0.717) is 18.0 Å². The zero-order chi connectivity index (χ0) is 15.0. The van der Waals surface area contributed by atoms with Gasteiger partial charge < -0.3 is 10.2 Å². The van der Waals surface area contributed by atoms with Crippen LogP contribution in [0, 0.1) is 5.92 Å². The molecule has 1 saturated heterocycles. The van der Waals surface area contributed by atoms with Crippen molar-refractivity contribution in [2.45, 2.75) is 38.8 Å². The molecular formula is C17H23BrN2O. The van der Waals surface area contributed by atoms with Crippen LogP contribution in [0.25, 0.3) is 11.0 Å². The minimum atomic E-state index is 0.292. The lowest BCUT2D eigenvalue weighted by Crippen LogP contribution is -2.44. The summed E-state index contributed by atoms with van der Waals surface area (Å²) in [6.45, 7) is 6.40. The van der Waals surface area contributed by atoms with Crippen LogP contribution in [0.3, 0.4) is 0 Å². The Morgan fingerprint density at radius 1 is 1.38 bits per heavy atom. The third kappa shape index (κ3) is 3.03. The van der Waals surface area contributed by atoms with Crippen molar-refractivity contribution >= 4 is 26.9 Å². The Labute approximate surface area is 134 Å². The van der Waals surface area contributed by atoms with Crippen LogP contribution in [0.1, 0.15) is 38.5 Å². The van der Waals surface area contributed by atoms with Gasteiger partial charge >= 0.3 is 0 Å². The first-order chi connectivity index (χ1) is 10.1. The first kappa shape index (κ1) is 15.1. The number of benzene rings is 1. The number of piperidine rings is 1. The Balaban J connectivity index is 1.86. The molecule has 1 aromatic heterocycles. The first-order valence-corrected chi connectivity index (χ1v) is 8.52. The highest BCUT2D eigenvalue weighted by atomic mass is 79.9. The van der Waals surface area contributed by atoms with Crippen molar-refractivity contribution in [1.82, 2.24) is 4.90 Å². The summed E-state index contributed by atoms with van der Waals surface area (Å²) >= 11 is 3.52. The zero-order valence-electron chi connectivity index (χ0n) is 12.7. The van der Waals surface area contributed by atoms with E-state index in [4.69, 9.17) is 10.2 Å². The molecule has 1 aliphatic rings. The molecule has 1 aliphatic heterocycles. The van der Waals surface area contributed by atoms with Crippen LogP contribution in [-0.2, 0) is 0 Å². The smallest absolute Gasteiger partial charge is 0.134 e. The zero-order valence-corrected chi connectivity index (χ0v) is 14.3. The van der Waals surface area contributed by atoms with Gasteiger partial charge in [-0.3, -0.25) is 4.90 Å². The number of halogens is 1. The molecule has 3 unspecified atom stereocenters. The monoisotopic (exact) mass is 350 g/mol. The minimum Gasteiger partial charge on any atom is -0.459 e. The average molecular weight is 351 g/mol. The molecule has 3 nitrogen and oxygen atoms in total. The Hall–Kier alpha value is -0.840. The molecule has 0 amide bonds. The van der Waals surface area contributed by atoms with Crippen LogP contribution >= 0.6 is 15.9 Å². The molecule has 114 valence electrons. The second kappa shape index (κ2) is 6.11. The van der Waals surface area contributed by atoms with E-state index in [9.17, 15) is 0 Å². The van der Waals surface area contributed by atoms with Crippen molar-refractivity contribution in [2.75, 3.05) is 13.1 Å². The molecule has 21 heavy (non-hydrogen) atoms. The predicted molar refractivity (Wildman–Crippen MR) is 90.3 cm³/mol. The highest BCUT2D eigenvalue weighted by Crippen LogP contribution is 2.33. The van der Waals surface area contributed by atoms with E-state index in [-0.39, 0.29) is 0 Å². The van der Waals surface area contributed by atoms with E-state index in [1.165, 1.54) is 12.8 Å². The highest BCUT2D eigenvalue weighted by molar-refractivity contribution is 9.10. The summed E-state index contributed by atoms with van der Waals surface area (Å²) in [6, 6.07) is 9.20. The van der Waals surface area contributed by atoms with E-state index in [1.54, 1.807) is 0 Å². The van der Waals surface area contributed by atoms with Gasteiger partial charge in [-0.25, -0.2) is 0 Å². The minimum absolute atomic E-state index is 0.292. The van der Waals surface area contributed by atoms with E-state index < -0.39 is 0 Å². The lowest BCUT2D eigenvalue weighted by molar-refractivity contribution is 0.0721. The number of nitrogens with zero attached hydrogens (tertiary/aromatic N) is 1. The van der Waals surface area contributed by atoms with Gasteiger partial charge in [0.1, 0.15) is 11.3 Å². The van der Waals surface area contributed by atoms with Crippen molar-refractivity contribution in [3.8, 4) is 0 Å². The maximum Gasteiger partial charge on any atom is 0.134 e. The molecule has 0 radical (unpaired) electrons. The third-order valence-electron chi connectivity index (χ3n) is 4.77. The van der Waals surface area contributed by atoms with Gasteiger partial charge in [0.25, 0.3) is 0 Å². The van der Waals surface area contributed by atoms with Gasteiger partial charge in [-0.1, -0.05) is 15.9 Å². The summed E-state index contributed by atoms with van der Waals surface area (Å²) in [5.41, 5.74) is 6.83. The van der Waals surface area contributed by atoms with E-state index in [2.05, 4.69) is 46.8 Å². The summed E-state index contributed by atoms with van der Waals surface area (Å²) in [5.74, 6) is 1.66. The van der Waals surface area contributed by atoms with Gasteiger partial charge in [0.15, 0.2) is 0 Å². The van der Waals surface area contributed by atoms with Crippen molar-refractivity contribution in [2.24, 2.45) is 11.7 Å². The number of nitrogens with two attached hydrogens (primary N) is 1. The largest absolute Gasteiger partial charge is 0.459 e. The number of hydrogen-bond donors (Lipinski definition) is 1. The standard InChI is InChI=1S/C17H23BrN2O/c1-11-3-4-13(9-19)10-20(11)12(2)17-8-14-7-15(18)5-6-16(14)21-17/h5-8,11-13H,3-4,9-10,19H2,1-2H3. The normalized spacial score (nSPS) is 25.3. The SMILES string of the molecule is CC1CCC(CN)CN1C(C)c1cc2cc(Br)ccc2o1. The first-order valence-electron chi connectivity index (χ1n) is 7.73. The van der Waals surface area contributed by atoms with E-state index in [0.717, 1.165) is 34.3 Å². The second-order valence-electron chi connectivity index (χ2n) is 6.23. The lowest BCUT2D eigenvalue weighted by Gasteiger charge is -2.40. The Morgan fingerprint density at radius 3 is 2.95 bits per heavy atom. The van der Waals surface area contributed by atoms with E-state index >= 15 is 0 Å². The Bertz CT molecular complexity index is 624. The van der Waals surface area contributed by atoms with Crippen LogP contribution in [0.4, 0.5) is 0 Å². The van der Waals surface area contributed by atoms with Gasteiger partial charge in [-0.15, -0.1) is 0 Å². The van der Waals surface area contributed by atoms with Gasteiger partial charge in [-0.2, -0.15) is 0 Å². The molecule has 2 N–H and O–H groups in total. The fourth-order valence-electron chi connectivity index (χ4n) is 3.35. The Morgan fingerprint density at radius 2 is 2.19 bits per heavy atom. The molecule has 2 aromatic rings. The number of hydrogen-bond acceptors (Lipinski definition) is 3. The molecule has 2 heterocycles. The van der Waals surface area contributed by atoms with Crippen LogP contribution in [0.2, 0.25) is 0 Å². The van der Waals surface area contributed by atoms with Gasteiger partial charge in [0.05, 0.1) is 6.04 Å². The maximum atomic E-state index is 6.06. The molecule has 0 aliphatic carbocycles. The van der Waals surface area contributed by atoms with Crippen molar-refractivity contribution in [3.63, 3.8) is 0 Å². The molecule has 0 spiro atoms. The topological polar surface area (TPSA) is 42.4 Å². The van der Waals surface area contributed by atoms with Crippen LogP contribution in [0.5, 0.6) is 0 Å². The van der Waals surface area contributed by atoms with Gasteiger partial charge in [0.2, 0.25) is 0 Å². The molecule has 1 aromatic carbocycles. The number of rotatable bonds is 3. The number of likely N-dealkylation sites (tertiary alicyclic amines) is 1. The van der Waals surface area contributed by atoms with Crippen molar-refractivity contribution in [3.05, 3.63) is 34.5 Å². The molecule has 0 saturated carbocycles. The molecular weight excluding hydrogens is 328 g/mol. The highest BCUT2D eigenvalue weighted by Gasteiger charge is 2.30. The summed E-state index contributed by atoms with van der Waals surface area (Å²) in [4.78, 5) is 2.54. The van der Waals surface area contributed by atoms with Crippen LogP contribution < -0.4 is 5.73 Å². The molecule has 4 heteroatoms. The summed E-state index contributed by atoms with van der Waals surface area (Å²) in [7, 11) is 0. The van der Waals surface area contributed by atoms with Crippen LogP contribution in [-0.4, -0.2) is 24.0 Å². The predicted octanol–water partition coefficient (Wildman–Crippen LogP) is 4.32. The maximum absolute atomic E-state index is 6.06.